The maximum atomic E-state index is 12.8. The summed E-state index contributed by atoms with van der Waals surface area (Å²) in [7, 11) is 0. The third-order valence-corrected chi connectivity index (χ3v) is 3.90. The van der Waals surface area contributed by atoms with Crippen LogP contribution in [0.3, 0.4) is 0 Å². The first-order chi connectivity index (χ1) is 9.91. The van der Waals surface area contributed by atoms with Gasteiger partial charge >= 0.3 is 6.18 Å². The van der Waals surface area contributed by atoms with Crippen LogP contribution >= 0.6 is 0 Å². The van der Waals surface area contributed by atoms with Gasteiger partial charge in [-0.15, -0.1) is 0 Å². The lowest BCUT2D eigenvalue weighted by molar-refractivity contribution is -0.137. The molecule has 1 aliphatic rings. The van der Waals surface area contributed by atoms with Gasteiger partial charge in [0.2, 0.25) is 0 Å². The zero-order valence-electron chi connectivity index (χ0n) is 11.5. The fourth-order valence-corrected chi connectivity index (χ4v) is 2.72. The number of nitrogens with zero attached hydrogens (tertiary/aromatic N) is 1. The Kier molecular flexibility index (Phi) is 4.73. The molecule has 21 heavy (non-hydrogen) atoms. The quantitative estimate of drug-likeness (QED) is 0.894. The SMILES string of the molecule is N#Cc1ccc(NCC(O)C2CCCC2)cc1C(F)(F)F. The molecule has 2 N–H and O–H groups in total. The summed E-state index contributed by atoms with van der Waals surface area (Å²) in [5.41, 5.74) is -1.09. The van der Waals surface area contributed by atoms with Crippen molar-refractivity contribution >= 4 is 5.69 Å². The minimum Gasteiger partial charge on any atom is -0.391 e. The molecule has 114 valence electrons. The van der Waals surface area contributed by atoms with E-state index in [0.29, 0.717) is 0 Å². The third-order valence-electron chi connectivity index (χ3n) is 3.90. The summed E-state index contributed by atoms with van der Waals surface area (Å²) in [6.45, 7) is 0.216. The van der Waals surface area contributed by atoms with Gasteiger partial charge in [0.05, 0.1) is 23.3 Å². The summed E-state index contributed by atoms with van der Waals surface area (Å²) in [6.07, 6.45) is -1.01. The van der Waals surface area contributed by atoms with E-state index in [1.165, 1.54) is 6.07 Å². The molecular weight excluding hydrogens is 281 g/mol. The molecule has 1 aromatic carbocycles. The Labute approximate surface area is 121 Å². The van der Waals surface area contributed by atoms with Crippen LogP contribution in [-0.4, -0.2) is 17.8 Å². The molecule has 1 fully saturated rings. The summed E-state index contributed by atoms with van der Waals surface area (Å²) < 4.78 is 38.5. The number of alkyl halides is 3. The highest BCUT2D eigenvalue weighted by Crippen LogP contribution is 2.34. The van der Waals surface area contributed by atoms with Crippen molar-refractivity contribution in [2.45, 2.75) is 38.0 Å². The third kappa shape index (κ3) is 3.88. The molecule has 2 rings (SSSR count). The van der Waals surface area contributed by atoms with Gasteiger partial charge in [-0.05, 0) is 37.0 Å². The van der Waals surface area contributed by atoms with Crippen LogP contribution in [0.4, 0.5) is 18.9 Å². The van der Waals surface area contributed by atoms with Gasteiger partial charge in [-0.3, -0.25) is 0 Å². The van der Waals surface area contributed by atoms with Gasteiger partial charge < -0.3 is 10.4 Å². The second-order valence-electron chi connectivity index (χ2n) is 5.36. The molecule has 0 aliphatic heterocycles. The lowest BCUT2D eigenvalue weighted by Crippen LogP contribution is -2.26. The summed E-state index contributed by atoms with van der Waals surface area (Å²) >= 11 is 0. The van der Waals surface area contributed by atoms with E-state index in [4.69, 9.17) is 5.26 Å². The fourth-order valence-electron chi connectivity index (χ4n) is 2.72. The monoisotopic (exact) mass is 298 g/mol. The molecule has 3 nitrogen and oxygen atoms in total. The normalized spacial score (nSPS) is 17.5. The lowest BCUT2D eigenvalue weighted by atomic mass is 10.0. The van der Waals surface area contributed by atoms with Crippen molar-refractivity contribution in [3.05, 3.63) is 29.3 Å². The standard InChI is InChI=1S/C15H17F3N2O/c16-15(17,18)13-7-12(6-5-11(13)8-19)20-9-14(21)10-3-1-2-4-10/h5-7,10,14,20-21H,1-4,9H2. The molecule has 0 aromatic heterocycles. The highest BCUT2D eigenvalue weighted by atomic mass is 19.4. The van der Waals surface area contributed by atoms with Gasteiger partial charge in [0.15, 0.2) is 0 Å². The topological polar surface area (TPSA) is 56.0 Å². The van der Waals surface area contributed by atoms with E-state index in [2.05, 4.69) is 5.32 Å². The molecule has 6 heteroatoms. The number of hydrogen-bond acceptors (Lipinski definition) is 3. The number of rotatable bonds is 4. The molecule has 1 atom stereocenters. The highest BCUT2D eigenvalue weighted by molar-refractivity contribution is 5.53. The van der Waals surface area contributed by atoms with Crippen LogP contribution in [0.1, 0.15) is 36.8 Å². The smallest absolute Gasteiger partial charge is 0.391 e. The Hall–Kier alpha value is -1.74. The van der Waals surface area contributed by atoms with E-state index >= 15 is 0 Å². The van der Waals surface area contributed by atoms with Crippen LogP contribution in [0.5, 0.6) is 0 Å². The maximum absolute atomic E-state index is 12.8. The van der Waals surface area contributed by atoms with Crippen molar-refractivity contribution in [1.82, 2.24) is 0 Å². The van der Waals surface area contributed by atoms with E-state index in [0.717, 1.165) is 37.8 Å². The number of benzene rings is 1. The number of anilines is 1. The molecule has 0 amide bonds. The van der Waals surface area contributed by atoms with Crippen molar-refractivity contribution in [3.8, 4) is 6.07 Å². The Bertz CT molecular complexity index is 531. The van der Waals surface area contributed by atoms with Gasteiger partial charge in [0.1, 0.15) is 0 Å². The first-order valence-corrected chi connectivity index (χ1v) is 6.95. The first-order valence-electron chi connectivity index (χ1n) is 6.95. The summed E-state index contributed by atoms with van der Waals surface area (Å²) in [5.74, 6) is 0.220. The molecule has 1 aliphatic carbocycles. The van der Waals surface area contributed by atoms with Crippen LogP contribution in [0.25, 0.3) is 0 Å². The summed E-state index contributed by atoms with van der Waals surface area (Å²) in [4.78, 5) is 0. The van der Waals surface area contributed by atoms with Crippen LogP contribution in [0.15, 0.2) is 18.2 Å². The Balaban J connectivity index is 2.05. The zero-order chi connectivity index (χ0) is 15.5. The molecule has 0 bridgehead atoms. The van der Waals surface area contributed by atoms with E-state index in [-0.39, 0.29) is 18.2 Å². The highest BCUT2D eigenvalue weighted by Gasteiger charge is 2.34. The molecule has 0 saturated heterocycles. The number of nitriles is 1. The van der Waals surface area contributed by atoms with Crippen molar-refractivity contribution in [1.29, 1.82) is 5.26 Å². The predicted molar refractivity (Wildman–Crippen MR) is 72.6 cm³/mol. The number of aliphatic hydroxyl groups excluding tert-OH is 1. The molecular formula is C15H17F3N2O. The van der Waals surface area contributed by atoms with Gasteiger partial charge in [0.25, 0.3) is 0 Å². The average molecular weight is 298 g/mol. The van der Waals surface area contributed by atoms with Crippen LogP contribution in [0.2, 0.25) is 0 Å². The zero-order valence-corrected chi connectivity index (χ0v) is 11.5. The Morgan fingerprint density at radius 1 is 1.33 bits per heavy atom. The summed E-state index contributed by atoms with van der Waals surface area (Å²) in [6, 6.07) is 5.03. The lowest BCUT2D eigenvalue weighted by Gasteiger charge is -2.19. The molecule has 0 spiro atoms. The minimum absolute atomic E-state index is 0.216. The molecule has 1 saturated carbocycles. The van der Waals surface area contributed by atoms with E-state index in [1.807, 2.05) is 0 Å². The number of aliphatic hydroxyl groups is 1. The van der Waals surface area contributed by atoms with E-state index in [1.54, 1.807) is 6.07 Å². The van der Waals surface area contributed by atoms with E-state index < -0.39 is 23.4 Å². The Morgan fingerprint density at radius 3 is 2.57 bits per heavy atom. The number of halogens is 3. The average Bonchev–Trinajstić information content (AvgIpc) is 2.97. The van der Waals surface area contributed by atoms with Gasteiger partial charge in [0, 0.05) is 12.2 Å². The van der Waals surface area contributed by atoms with Crippen LogP contribution < -0.4 is 5.32 Å². The molecule has 0 radical (unpaired) electrons. The Morgan fingerprint density at radius 2 is 2.00 bits per heavy atom. The van der Waals surface area contributed by atoms with Crippen LogP contribution in [0, 0.1) is 17.2 Å². The largest absolute Gasteiger partial charge is 0.417 e. The van der Waals surface area contributed by atoms with Crippen molar-refractivity contribution < 1.29 is 18.3 Å². The maximum Gasteiger partial charge on any atom is 0.417 e. The van der Waals surface area contributed by atoms with Crippen LogP contribution in [-0.2, 0) is 6.18 Å². The van der Waals surface area contributed by atoms with Crippen molar-refractivity contribution in [3.63, 3.8) is 0 Å². The summed E-state index contributed by atoms with van der Waals surface area (Å²) in [5, 5.41) is 21.6. The second-order valence-corrected chi connectivity index (χ2v) is 5.36. The molecule has 1 unspecified atom stereocenters. The first kappa shape index (κ1) is 15.6. The second kappa shape index (κ2) is 6.35. The molecule has 0 heterocycles. The molecule has 1 aromatic rings. The van der Waals surface area contributed by atoms with Gasteiger partial charge in [-0.25, -0.2) is 0 Å². The fraction of sp³-hybridized carbons (Fsp3) is 0.533. The minimum atomic E-state index is -4.56. The number of hydrogen-bond donors (Lipinski definition) is 2. The predicted octanol–water partition coefficient (Wildman–Crippen LogP) is 3.54. The van der Waals surface area contributed by atoms with Gasteiger partial charge in [-0.2, -0.15) is 18.4 Å². The van der Waals surface area contributed by atoms with Crippen molar-refractivity contribution in [2.75, 3.05) is 11.9 Å². The van der Waals surface area contributed by atoms with E-state index in [9.17, 15) is 18.3 Å². The number of nitrogens with one attached hydrogen (secondary N) is 1. The van der Waals surface area contributed by atoms with Crippen molar-refractivity contribution in [2.24, 2.45) is 5.92 Å². The van der Waals surface area contributed by atoms with Gasteiger partial charge in [-0.1, -0.05) is 12.8 Å².